The number of carbonyl (C=O) groups excluding carboxylic acids is 1. The first-order valence-corrected chi connectivity index (χ1v) is 14.1. The van der Waals surface area contributed by atoms with Gasteiger partial charge in [0.15, 0.2) is 0 Å². The minimum Gasteiger partial charge on any atom is -0.497 e. The smallest absolute Gasteiger partial charge is 0.271 e. The SMILES string of the molecule is COc1ccc(-c2nn(-c3ccccc3)cc2/C=N\NC(=O)c2ccc(NS(=O)(=O)c3cccs3)cc2)cc1. The molecule has 2 aromatic heterocycles. The number of carbonyl (C=O) groups is 1. The third kappa shape index (κ3) is 6.06. The van der Waals surface area contributed by atoms with Crippen molar-refractivity contribution in [2.75, 3.05) is 11.8 Å². The van der Waals surface area contributed by atoms with E-state index < -0.39 is 15.9 Å². The molecule has 0 unspecified atom stereocenters. The van der Waals surface area contributed by atoms with Gasteiger partial charge < -0.3 is 4.74 Å². The Morgan fingerprint density at radius 3 is 2.38 bits per heavy atom. The summed E-state index contributed by atoms with van der Waals surface area (Å²) in [5.74, 6) is 0.287. The first kappa shape index (κ1) is 25.9. The zero-order valence-electron chi connectivity index (χ0n) is 20.7. The molecule has 0 spiro atoms. The first-order chi connectivity index (χ1) is 18.9. The molecule has 11 heteroatoms. The van der Waals surface area contributed by atoms with Crippen LogP contribution in [-0.4, -0.2) is 37.4 Å². The topological polar surface area (TPSA) is 115 Å². The van der Waals surface area contributed by atoms with Gasteiger partial charge in [0.2, 0.25) is 0 Å². The Hall–Kier alpha value is -4.74. The number of nitrogens with zero attached hydrogens (tertiary/aromatic N) is 3. The fourth-order valence-corrected chi connectivity index (χ4v) is 5.76. The lowest BCUT2D eigenvalue weighted by atomic mass is 10.1. The molecule has 39 heavy (non-hydrogen) atoms. The van der Waals surface area contributed by atoms with Gasteiger partial charge in [-0.05, 0) is 72.1 Å². The Morgan fingerprint density at radius 1 is 0.974 bits per heavy atom. The van der Waals surface area contributed by atoms with Crippen LogP contribution in [0.3, 0.4) is 0 Å². The largest absolute Gasteiger partial charge is 0.497 e. The number of rotatable bonds is 9. The number of hydrogen-bond donors (Lipinski definition) is 2. The lowest BCUT2D eigenvalue weighted by Gasteiger charge is -2.07. The van der Waals surface area contributed by atoms with Crippen LogP contribution in [0, 0.1) is 0 Å². The van der Waals surface area contributed by atoms with Crippen molar-refractivity contribution in [3.05, 3.63) is 114 Å². The van der Waals surface area contributed by atoms with Crippen molar-refractivity contribution in [2.45, 2.75) is 4.21 Å². The predicted octanol–water partition coefficient (Wildman–Crippen LogP) is 5.17. The highest BCUT2D eigenvalue weighted by Crippen LogP contribution is 2.25. The highest BCUT2D eigenvalue weighted by molar-refractivity contribution is 7.94. The van der Waals surface area contributed by atoms with Crippen molar-refractivity contribution in [1.82, 2.24) is 15.2 Å². The molecule has 3 aromatic carbocycles. The number of methoxy groups -OCH3 is 1. The van der Waals surface area contributed by atoms with Crippen LogP contribution in [0.4, 0.5) is 5.69 Å². The van der Waals surface area contributed by atoms with E-state index in [1.807, 2.05) is 60.8 Å². The summed E-state index contributed by atoms with van der Waals surface area (Å²) in [4.78, 5) is 12.7. The minimum atomic E-state index is -3.67. The molecule has 5 rings (SSSR count). The molecule has 2 N–H and O–H groups in total. The standard InChI is InChI=1S/C28H23N5O4S2/c1-37-25-15-11-20(12-16-25)27-22(19-33(31-27)24-6-3-2-4-7-24)18-29-30-28(34)21-9-13-23(14-10-21)32-39(35,36)26-8-5-17-38-26/h2-19,32H,1H3,(H,30,34)/b29-18-. The number of sulfonamides is 1. The van der Waals surface area contributed by atoms with E-state index in [-0.39, 0.29) is 4.21 Å². The van der Waals surface area contributed by atoms with Crippen LogP contribution < -0.4 is 14.9 Å². The van der Waals surface area contributed by atoms with Crippen molar-refractivity contribution >= 4 is 39.2 Å². The summed E-state index contributed by atoms with van der Waals surface area (Å²) in [6.45, 7) is 0. The van der Waals surface area contributed by atoms with E-state index in [9.17, 15) is 13.2 Å². The molecule has 196 valence electrons. The molecule has 0 aliphatic rings. The van der Waals surface area contributed by atoms with Gasteiger partial charge in [0, 0.05) is 28.6 Å². The van der Waals surface area contributed by atoms with Gasteiger partial charge in [-0.1, -0.05) is 24.3 Å². The zero-order valence-corrected chi connectivity index (χ0v) is 22.3. The normalized spacial score (nSPS) is 11.4. The highest BCUT2D eigenvalue weighted by atomic mass is 32.2. The van der Waals surface area contributed by atoms with Gasteiger partial charge in [0.25, 0.3) is 15.9 Å². The van der Waals surface area contributed by atoms with Crippen LogP contribution >= 0.6 is 11.3 Å². The van der Waals surface area contributed by atoms with E-state index in [1.54, 1.807) is 23.2 Å². The maximum absolute atomic E-state index is 12.7. The average molecular weight is 558 g/mol. The van der Waals surface area contributed by atoms with Crippen molar-refractivity contribution in [3.8, 4) is 22.7 Å². The number of aromatic nitrogens is 2. The number of amides is 1. The summed E-state index contributed by atoms with van der Waals surface area (Å²) in [5, 5.41) is 10.6. The molecular weight excluding hydrogens is 534 g/mol. The molecular formula is C28H23N5O4S2. The molecule has 0 aliphatic carbocycles. The minimum absolute atomic E-state index is 0.211. The van der Waals surface area contributed by atoms with Crippen LogP contribution in [0.1, 0.15) is 15.9 Å². The Balaban J connectivity index is 1.32. The second kappa shape index (κ2) is 11.3. The van der Waals surface area contributed by atoms with Gasteiger partial charge in [0.05, 0.1) is 19.0 Å². The third-order valence-electron chi connectivity index (χ3n) is 5.66. The molecule has 1 amide bonds. The summed E-state index contributed by atoms with van der Waals surface area (Å²) in [6.07, 6.45) is 3.37. The molecule has 0 radical (unpaired) electrons. The van der Waals surface area contributed by atoms with Crippen LogP contribution in [0.25, 0.3) is 16.9 Å². The number of hydrogen-bond acceptors (Lipinski definition) is 7. The fourth-order valence-electron chi connectivity index (χ4n) is 3.70. The highest BCUT2D eigenvalue weighted by Gasteiger charge is 2.16. The Labute approximate surface area is 229 Å². The van der Waals surface area contributed by atoms with Gasteiger partial charge in [-0.2, -0.15) is 10.2 Å². The van der Waals surface area contributed by atoms with Gasteiger partial charge in [0.1, 0.15) is 15.7 Å². The Morgan fingerprint density at radius 2 is 1.72 bits per heavy atom. The third-order valence-corrected chi connectivity index (χ3v) is 8.43. The lowest BCUT2D eigenvalue weighted by Crippen LogP contribution is -2.17. The van der Waals surface area contributed by atoms with Gasteiger partial charge >= 0.3 is 0 Å². The lowest BCUT2D eigenvalue weighted by molar-refractivity contribution is 0.0955. The van der Waals surface area contributed by atoms with E-state index in [0.29, 0.717) is 22.5 Å². The monoisotopic (exact) mass is 557 g/mol. The molecule has 0 saturated heterocycles. The zero-order chi connectivity index (χ0) is 27.2. The molecule has 0 fully saturated rings. The maximum Gasteiger partial charge on any atom is 0.271 e. The summed E-state index contributed by atoms with van der Waals surface area (Å²) >= 11 is 1.12. The fraction of sp³-hybridized carbons (Fsp3) is 0.0357. The second-order valence-corrected chi connectivity index (χ2v) is 11.1. The molecule has 0 saturated carbocycles. The Bertz CT molecular complexity index is 1700. The number of anilines is 1. The summed E-state index contributed by atoms with van der Waals surface area (Å²) < 4.78 is 34.5. The van der Waals surface area contributed by atoms with E-state index >= 15 is 0 Å². The predicted molar refractivity (Wildman–Crippen MR) is 152 cm³/mol. The summed E-state index contributed by atoms with van der Waals surface area (Å²) in [5.41, 5.74) is 6.31. The van der Waals surface area contributed by atoms with Crippen LogP contribution in [0.5, 0.6) is 5.75 Å². The summed E-state index contributed by atoms with van der Waals surface area (Å²) in [6, 6.07) is 26.5. The van der Waals surface area contributed by atoms with E-state index in [0.717, 1.165) is 28.3 Å². The molecule has 2 heterocycles. The molecule has 0 aliphatic heterocycles. The quantitative estimate of drug-likeness (QED) is 0.192. The van der Waals surface area contributed by atoms with Crippen molar-refractivity contribution < 1.29 is 17.9 Å². The van der Waals surface area contributed by atoms with E-state index in [2.05, 4.69) is 15.2 Å². The molecule has 0 atom stereocenters. The van der Waals surface area contributed by atoms with E-state index in [4.69, 9.17) is 9.84 Å². The number of benzene rings is 3. The number of thiophene rings is 1. The van der Waals surface area contributed by atoms with Gasteiger partial charge in [-0.3, -0.25) is 9.52 Å². The van der Waals surface area contributed by atoms with E-state index in [1.165, 1.54) is 36.5 Å². The number of ether oxygens (including phenoxy) is 1. The van der Waals surface area contributed by atoms with Crippen LogP contribution in [0.2, 0.25) is 0 Å². The van der Waals surface area contributed by atoms with Crippen molar-refractivity contribution in [2.24, 2.45) is 5.10 Å². The number of hydrazone groups is 1. The first-order valence-electron chi connectivity index (χ1n) is 11.7. The van der Waals surface area contributed by atoms with Gasteiger partial charge in [-0.15, -0.1) is 11.3 Å². The number of para-hydroxylation sites is 1. The molecule has 5 aromatic rings. The van der Waals surface area contributed by atoms with Crippen molar-refractivity contribution in [1.29, 1.82) is 0 Å². The average Bonchev–Trinajstić information content (AvgIpc) is 3.65. The van der Waals surface area contributed by atoms with Gasteiger partial charge in [-0.25, -0.2) is 18.5 Å². The van der Waals surface area contributed by atoms with Crippen molar-refractivity contribution in [3.63, 3.8) is 0 Å². The Kier molecular flexibility index (Phi) is 7.53. The van der Waals surface area contributed by atoms with Crippen LogP contribution in [0.15, 0.2) is 112 Å². The number of nitrogens with one attached hydrogen (secondary N) is 2. The maximum atomic E-state index is 12.7. The molecule has 9 nitrogen and oxygen atoms in total. The molecule has 0 bridgehead atoms. The van der Waals surface area contributed by atoms with Crippen LogP contribution in [-0.2, 0) is 10.0 Å². The summed E-state index contributed by atoms with van der Waals surface area (Å²) in [7, 11) is -2.06. The second-order valence-electron chi connectivity index (χ2n) is 8.26.